The quantitative estimate of drug-likeness (QED) is 0.845. The number of nitrogens with zero attached hydrogens (tertiary/aromatic N) is 1. The summed E-state index contributed by atoms with van der Waals surface area (Å²) in [5, 5.41) is 0. The van der Waals surface area contributed by atoms with Crippen LogP contribution in [0.4, 0.5) is 13.2 Å². The summed E-state index contributed by atoms with van der Waals surface area (Å²) in [5.74, 6) is 0. The largest absolute Gasteiger partial charge is 0.417 e. The van der Waals surface area contributed by atoms with Crippen molar-refractivity contribution >= 4 is 0 Å². The van der Waals surface area contributed by atoms with Gasteiger partial charge in [0.1, 0.15) is 0 Å². The summed E-state index contributed by atoms with van der Waals surface area (Å²) >= 11 is 0. The van der Waals surface area contributed by atoms with Crippen LogP contribution in [0.25, 0.3) is 0 Å². The van der Waals surface area contributed by atoms with Gasteiger partial charge in [0.25, 0.3) is 0 Å². The first kappa shape index (κ1) is 12.0. The molecule has 1 aromatic heterocycles. The molecule has 0 amide bonds. The Labute approximate surface area is 86.3 Å². The second-order valence-corrected chi connectivity index (χ2v) is 3.55. The Morgan fingerprint density at radius 3 is 2.47 bits per heavy atom. The molecule has 0 radical (unpaired) electrons. The van der Waals surface area contributed by atoms with Crippen molar-refractivity contribution in [3.8, 4) is 0 Å². The van der Waals surface area contributed by atoms with E-state index in [1.807, 2.05) is 6.92 Å². The highest BCUT2D eigenvalue weighted by Gasteiger charge is 2.30. The fraction of sp³-hybridized carbons (Fsp3) is 0.500. The summed E-state index contributed by atoms with van der Waals surface area (Å²) in [5.41, 5.74) is 5.46. The van der Waals surface area contributed by atoms with Crippen molar-refractivity contribution in [2.24, 2.45) is 5.73 Å². The van der Waals surface area contributed by atoms with E-state index < -0.39 is 11.7 Å². The number of hydrogen-bond donors (Lipinski definition) is 1. The van der Waals surface area contributed by atoms with Crippen LogP contribution in [0.15, 0.2) is 18.3 Å². The Bertz CT molecular complexity index is 303. The van der Waals surface area contributed by atoms with E-state index in [0.717, 1.165) is 18.7 Å². The van der Waals surface area contributed by atoms with E-state index in [2.05, 4.69) is 4.98 Å². The molecular weight excluding hydrogens is 205 g/mol. The van der Waals surface area contributed by atoms with E-state index in [1.165, 1.54) is 6.07 Å². The Kier molecular flexibility index (Phi) is 3.68. The predicted molar refractivity (Wildman–Crippen MR) is 51.2 cm³/mol. The lowest BCUT2D eigenvalue weighted by molar-refractivity contribution is -0.137. The smallest absolute Gasteiger partial charge is 0.328 e. The fourth-order valence-electron chi connectivity index (χ4n) is 1.12. The zero-order valence-electron chi connectivity index (χ0n) is 8.38. The molecule has 0 bridgehead atoms. The number of alkyl halides is 3. The molecule has 0 aliphatic carbocycles. The summed E-state index contributed by atoms with van der Waals surface area (Å²) in [4.78, 5) is 3.74. The molecule has 1 heterocycles. The summed E-state index contributed by atoms with van der Waals surface area (Å²) in [6.07, 6.45) is -2.13. The number of aromatic nitrogens is 1. The lowest BCUT2D eigenvalue weighted by atomic mass is 10.1. The predicted octanol–water partition coefficient (Wildman–Crippen LogP) is 2.38. The van der Waals surface area contributed by atoms with Crippen LogP contribution in [0, 0.1) is 0 Å². The van der Waals surface area contributed by atoms with E-state index in [9.17, 15) is 13.2 Å². The third-order valence-electron chi connectivity index (χ3n) is 2.01. The van der Waals surface area contributed by atoms with Crippen LogP contribution in [0.3, 0.4) is 0 Å². The summed E-state index contributed by atoms with van der Waals surface area (Å²) in [6, 6.07) is 2.48. The van der Waals surface area contributed by atoms with Gasteiger partial charge < -0.3 is 5.73 Å². The minimum Gasteiger partial charge on any atom is -0.328 e. The molecule has 5 heteroatoms. The molecule has 1 atom stereocenters. The van der Waals surface area contributed by atoms with E-state index in [0.29, 0.717) is 12.1 Å². The van der Waals surface area contributed by atoms with Crippen molar-refractivity contribution in [1.29, 1.82) is 0 Å². The van der Waals surface area contributed by atoms with Crippen molar-refractivity contribution in [3.63, 3.8) is 0 Å². The van der Waals surface area contributed by atoms with Gasteiger partial charge in [0.15, 0.2) is 0 Å². The summed E-state index contributed by atoms with van der Waals surface area (Å²) < 4.78 is 36.5. The maximum absolute atomic E-state index is 12.2. The van der Waals surface area contributed by atoms with E-state index >= 15 is 0 Å². The van der Waals surface area contributed by atoms with Crippen molar-refractivity contribution in [2.75, 3.05) is 0 Å². The third kappa shape index (κ3) is 3.87. The van der Waals surface area contributed by atoms with E-state index in [1.54, 1.807) is 0 Å². The van der Waals surface area contributed by atoms with Gasteiger partial charge in [-0.2, -0.15) is 13.2 Å². The lowest BCUT2D eigenvalue weighted by Crippen LogP contribution is -2.15. The number of pyridine rings is 1. The molecule has 84 valence electrons. The van der Waals surface area contributed by atoms with Gasteiger partial charge in [-0.05, 0) is 31.9 Å². The average molecular weight is 218 g/mol. The van der Waals surface area contributed by atoms with Gasteiger partial charge in [0, 0.05) is 17.9 Å². The molecule has 0 aliphatic rings. The van der Waals surface area contributed by atoms with Crippen molar-refractivity contribution in [3.05, 3.63) is 29.6 Å². The van der Waals surface area contributed by atoms with Crippen LogP contribution < -0.4 is 5.73 Å². The fourth-order valence-corrected chi connectivity index (χ4v) is 1.12. The van der Waals surface area contributed by atoms with E-state index in [4.69, 9.17) is 5.73 Å². The van der Waals surface area contributed by atoms with Crippen LogP contribution in [-0.2, 0) is 12.6 Å². The third-order valence-corrected chi connectivity index (χ3v) is 2.01. The highest BCUT2D eigenvalue weighted by atomic mass is 19.4. The molecular formula is C10H13F3N2. The van der Waals surface area contributed by atoms with Crippen molar-refractivity contribution in [2.45, 2.75) is 32.0 Å². The molecule has 0 fully saturated rings. The highest BCUT2D eigenvalue weighted by Crippen LogP contribution is 2.28. The first-order valence-electron chi connectivity index (χ1n) is 4.67. The van der Waals surface area contributed by atoms with Gasteiger partial charge in [-0.1, -0.05) is 0 Å². The normalized spacial score (nSPS) is 13.9. The number of halogens is 3. The van der Waals surface area contributed by atoms with Gasteiger partial charge in [0.2, 0.25) is 0 Å². The van der Waals surface area contributed by atoms with Crippen LogP contribution in [-0.4, -0.2) is 11.0 Å². The van der Waals surface area contributed by atoms with Gasteiger partial charge >= 0.3 is 6.18 Å². The topological polar surface area (TPSA) is 38.9 Å². The maximum atomic E-state index is 12.2. The highest BCUT2D eigenvalue weighted by molar-refractivity contribution is 5.17. The van der Waals surface area contributed by atoms with E-state index in [-0.39, 0.29) is 6.04 Å². The zero-order chi connectivity index (χ0) is 11.5. The zero-order valence-corrected chi connectivity index (χ0v) is 8.38. The first-order valence-corrected chi connectivity index (χ1v) is 4.67. The SMILES string of the molecule is CC(N)CCc1ccc(C(F)(F)F)cn1. The minimum absolute atomic E-state index is 0.0362. The molecule has 1 unspecified atom stereocenters. The minimum atomic E-state index is -4.31. The molecule has 2 nitrogen and oxygen atoms in total. The standard InChI is InChI=1S/C10H13F3N2/c1-7(14)2-4-9-5-3-8(6-15-9)10(11,12)13/h3,5-7H,2,4,14H2,1H3. The molecule has 0 saturated heterocycles. The molecule has 1 aromatic rings. The monoisotopic (exact) mass is 218 g/mol. The number of aryl methyl sites for hydroxylation is 1. The molecule has 15 heavy (non-hydrogen) atoms. The Morgan fingerprint density at radius 2 is 2.07 bits per heavy atom. The van der Waals surface area contributed by atoms with Crippen molar-refractivity contribution in [1.82, 2.24) is 4.98 Å². The second kappa shape index (κ2) is 4.61. The van der Waals surface area contributed by atoms with Gasteiger partial charge in [-0.25, -0.2) is 0 Å². The molecule has 2 N–H and O–H groups in total. The van der Waals surface area contributed by atoms with Crippen LogP contribution >= 0.6 is 0 Å². The Hall–Kier alpha value is -1.10. The molecule has 0 saturated carbocycles. The number of rotatable bonds is 3. The lowest BCUT2D eigenvalue weighted by Gasteiger charge is -2.07. The first-order chi connectivity index (χ1) is 6.89. The Morgan fingerprint density at radius 1 is 1.40 bits per heavy atom. The molecule has 1 rings (SSSR count). The van der Waals surface area contributed by atoms with Crippen molar-refractivity contribution < 1.29 is 13.2 Å². The second-order valence-electron chi connectivity index (χ2n) is 3.55. The van der Waals surface area contributed by atoms with Gasteiger partial charge in [-0.3, -0.25) is 4.98 Å². The summed E-state index contributed by atoms with van der Waals surface area (Å²) in [6.45, 7) is 1.85. The maximum Gasteiger partial charge on any atom is 0.417 e. The molecule has 0 aliphatic heterocycles. The number of hydrogen-bond acceptors (Lipinski definition) is 2. The van der Waals surface area contributed by atoms with Gasteiger partial charge in [-0.15, -0.1) is 0 Å². The average Bonchev–Trinajstić information content (AvgIpc) is 2.14. The van der Waals surface area contributed by atoms with Crippen LogP contribution in [0.5, 0.6) is 0 Å². The Balaban J connectivity index is 2.65. The molecule has 0 spiro atoms. The summed E-state index contributed by atoms with van der Waals surface area (Å²) in [7, 11) is 0. The van der Waals surface area contributed by atoms with Gasteiger partial charge in [0.05, 0.1) is 5.56 Å². The molecule has 0 aromatic carbocycles. The number of nitrogens with two attached hydrogens (primary N) is 1. The van der Waals surface area contributed by atoms with Crippen LogP contribution in [0.2, 0.25) is 0 Å². The van der Waals surface area contributed by atoms with Crippen LogP contribution in [0.1, 0.15) is 24.6 Å².